The summed E-state index contributed by atoms with van der Waals surface area (Å²) >= 11 is 0. The van der Waals surface area contributed by atoms with Crippen LogP contribution in [0.5, 0.6) is 0 Å². The summed E-state index contributed by atoms with van der Waals surface area (Å²) in [6.45, 7) is 3.47. The molecule has 0 saturated carbocycles. The smallest absolute Gasteiger partial charge is 0.0997 e. The van der Waals surface area contributed by atoms with Crippen LogP contribution in [0.25, 0.3) is 0 Å². The quantitative estimate of drug-likeness (QED) is 0.728. The summed E-state index contributed by atoms with van der Waals surface area (Å²) in [6.07, 6.45) is 5.19. The number of hydrogen-bond donors (Lipinski definition) is 1. The summed E-state index contributed by atoms with van der Waals surface area (Å²) in [4.78, 5) is 2.59. The molecule has 1 aromatic carbocycles. The molecular formula is C13H19N2+. The Balaban J connectivity index is 2.15. The maximum atomic E-state index is 4.00. The van der Waals surface area contributed by atoms with E-state index in [2.05, 4.69) is 22.8 Å². The zero-order valence-corrected chi connectivity index (χ0v) is 9.26. The lowest BCUT2D eigenvalue weighted by Crippen LogP contribution is -2.47. The summed E-state index contributed by atoms with van der Waals surface area (Å²) in [5.74, 6) is 0. The Morgan fingerprint density at radius 2 is 1.67 bits per heavy atom. The molecule has 0 saturated heterocycles. The third kappa shape index (κ3) is 1.44. The van der Waals surface area contributed by atoms with Crippen LogP contribution in [0.1, 0.15) is 29.5 Å². The normalized spacial score (nSPS) is 18.9. The third-order valence-corrected chi connectivity index (χ3v) is 3.68. The largest absolute Gasteiger partial charge is 0.371 e. The van der Waals surface area contributed by atoms with E-state index >= 15 is 0 Å². The maximum absolute atomic E-state index is 4.00. The Kier molecular flexibility index (Phi) is 2.17. The molecule has 0 aliphatic carbocycles. The second-order valence-electron chi connectivity index (χ2n) is 4.71. The minimum Gasteiger partial charge on any atom is -0.371 e. The first-order valence-corrected chi connectivity index (χ1v) is 6.07. The van der Waals surface area contributed by atoms with Crippen molar-refractivity contribution >= 4 is 5.69 Å². The van der Waals surface area contributed by atoms with Gasteiger partial charge < -0.3 is 10.6 Å². The Labute approximate surface area is 91.1 Å². The van der Waals surface area contributed by atoms with E-state index in [1.807, 2.05) is 0 Å². The molecule has 2 aliphatic rings. The molecule has 2 heteroatoms. The van der Waals surface area contributed by atoms with Crippen molar-refractivity contribution in [3.8, 4) is 0 Å². The Bertz CT molecular complexity index is 353. The van der Waals surface area contributed by atoms with Gasteiger partial charge in [0.05, 0.1) is 6.54 Å². The van der Waals surface area contributed by atoms with E-state index in [9.17, 15) is 0 Å². The molecular weight excluding hydrogens is 184 g/mol. The molecule has 80 valence electrons. The molecule has 2 aliphatic heterocycles. The average Bonchev–Trinajstić information content (AvgIpc) is 2.29. The number of nitrogens with zero attached hydrogens (tertiary/aromatic N) is 1. The van der Waals surface area contributed by atoms with Gasteiger partial charge in [-0.25, -0.2) is 0 Å². The van der Waals surface area contributed by atoms with Gasteiger partial charge in [0.1, 0.15) is 0 Å². The van der Waals surface area contributed by atoms with Crippen molar-refractivity contribution in [2.24, 2.45) is 0 Å². The van der Waals surface area contributed by atoms with Gasteiger partial charge in [0.15, 0.2) is 0 Å². The van der Waals surface area contributed by atoms with E-state index in [1.54, 1.807) is 16.8 Å². The SMILES string of the molecule is [NH3+]Cc1cc2c3c(c1)CCCN3CCC2. The van der Waals surface area contributed by atoms with Crippen molar-refractivity contribution in [2.45, 2.75) is 32.2 Å². The molecule has 0 fully saturated rings. The fourth-order valence-electron chi connectivity index (χ4n) is 3.02. The lowest BCUT2D eigenvalue weighted by atomic mass is 9.90. The van der Waals surface area contributed by atoms with Crippen molar-refractivity contribution in [2.75, 3.05) is 18.0 Å². The van der Waals surface area contributed by atoms with Crippen LogP contribution in [0.15, 0.2) is 12.1 Å². The molecule has 0 amide bonds. The molecule has 3 N–H and O–H groups in total. The lowest BCUT2D eigenvalue weighted by molar-refractivity contribution is -0.386. The monoisotopic (exact) mass is 203 g/mol. The molecule has 0 unspecified atom stereocenters. The van der Waals surface area contributed by atoms with Crippen molar-refractivity contribution in [3.63, 3.8) is 0 Å². The molecule has 2 nitrogen and oxygen atoms in total. The maximum Gasteiger partial charge on any atom is 0.0997 e. The minimum absolute atomic E-state index is 0.931. The van der Waals surface area contributed by atoms with Gasteiger partial charge in [0, 0.05) is 24.3 Å². The van der Waals surface area contributed by atoms with Crippen LogP contribution in [0.2, 0.25) is 0 Å². The standard InChI is InChI=1S/C13H18N2/c14-9-10-7-11-3-1-5-15-6-2-4-12(8-10)13(11)15/h7-8H,1-6,9,14H2/p+1. The molecule has 0 atom stereocenters. The summed E-state index contributed by atoms with van der Waals surface area (Å²) in [5, 5.41) is 0. The highest BCUT2D eigenvalue weighted by molar-refractivity contribution is 5.63. The molecule has 1 aromatic rings. The van der Waals surface area contributed by atoms with Crippen molar-refractivity contribution < 1.29 is 5.73 Å². The van der Waals surface area contributed by atoms with Gasteiger partial charge in [-0.15, -0.1) is 0 Å². The predicted octanol–water partition coefficient (Wildman–Crippen LogP) is 1.13. The molecule has 15 heavy (non-hydrogen) atoms. The van der Waals surface area contributed by atoms with Crippen molar-refractivity contribution in [3.05, 3.63) is 28.8 Å². The van der Waals surface area contributed by atoms with Crippen LogP contribution in [0, 0.1) is 0 Å². The van der Waals surface area contributed by atoms with Crippen LogP contribution < -0.4 is 10.6 Å². The van der Waals surface area contributed by atoms with E-state index < -0.39 is 0 Å². The van der Waals surface area contributed by atoms with Crippen LogP contribution in [0.3, 0.4) is 0 Å². The predicted molar refractivity (Wildman–Crippen MR) is 61.9 cm³/mol. The second-order valence-corrected chi connectivity index (χ2v) is 4.71. The molecule has 3 rings (SSSR count). The van der Waals surface area contributed by atoms with Gasteiger partial charge in [0.2, 0.25) is 0 Å². The van der Waals surface area contributed by atoms with Crippen LogP contribution in [-0.2, 0) is 19.4 Å². The third-order valence-electron chi connectivity index (χ3n) is 3.68. The highest BCUT2D eigenvalue weighted by Gasteiger charge is 2.23. The van der Waals surface area contributed by atoms with E-state index in [1.165, 1.54) is 44.3 Å². The first kappa shape index (κ1) is 9.22. The number of quaternary nitrogens is 1. The number of anilines is 1. The van der Waals surface area contributed by atoms with Gasteiger partial charge in [-0.2, -0.15) is 0 Å². The fraction of sp³-hybridized carbons (Fsp3) is 0.538. The van der Waals surface area contributed by atoms with E-state index in [4.69, 9.17) is 0 Å². The zero-order chi connectivity index (χ0) is 10.3. The van der Waals surface area contributed by atoms with Crippen LogP contribution in [-0.4, -0.2) is 13.1 Å². The molecule has 2 heterocycles. The van der Waals surface area contributed by atoms with E-state index in [0.29, 0.717) is 0 Å². The average molecular weight is 203 g/mol. The Morgan fingerprint density at radius 1 is 1.07 bits per heavy atom. The lowest BCUT2D eigenvalue weighted by Gasteiger charge is -2.37. The van der Waals surface area contributed by atoms with E-state index in [0.717, 1.165) is 6.54 Å². The van der Waals surface area contributed by atoms with Crippen LogP contribution >= 0.6 is 0 Å². The van der Waals surface area contributed by atoms with Gasteiger partial charge in [-0.3, -0.25) is 0 Å². The first-order chi connectivity index (χ1) is 7.38. The fourth-order valence-corrected chi connectivity index (χ4v) is 3.02. The minimum atomic E-state index is 0.931. The highest BCUT2D eigenvalue weighted by atomic mass is 15.1. The number of benzene rings is 1. The first-order valence-electron chi connectivity index (χ1n) is 6.07. The summed E-state index contributed by atoms with van der Waals surface area (Å²) in [7, 11) is 0. The zero-order valence-electron chi connectivity index (χ0n) is 9.26. The number of hydrogen-bond acceptors (Lipinski definition) is 1. The van der Waals surface area contributed by atoms with Crippen molar-refractivity contribution in [1.82, 2.24) is 0 Å². The number of rotatable bonds is 1. The number of aryl methyl sites for hydroxylation is 2. The van der Waals surface area contributed by atoms with Gasteiger partial charge in [-0.1, -0.05) is 0 Å². The van der Waals surface area contributed by atoms with Gasteiger partial charge in [-0.05, 0) is 48.9 Å². The molecule has 0 bridgehead atoms. The van der Waals surface area contributed by atoms with Gasteiger partial charge >= 0.3 is 0 Å². The summed E-state index contributed by atoms with van der Waals surface area (Å²) < 4.78 is 0. The van der Waals surface area contributed by atoms with Crippen LogP contribution in [0.4, 0.5) is 5.69 Å². The van der Waals surface area contributed by atoms with Crippen molar-refractivity contribution in [1.29, 1.82) is 0 Å². The molecule has 0 spiro atoms. The highest BCUT2D eigenvalue weighted by Crippen LogP contribution is 2.35. The molecule has 0 aromatic heterocycles. The topological polar surface area (TPSA) is 30.9 Å². The van der Waals surface area contributed by atoms with Gasteiger partial charge in [0.25, 0.3) is 0 Å². The Morgan fingerprint density at radius 3 is 2.20 bits per heavy atom. The second kappa shape index (κ2) is 3.53. The molecule has 0 radical (unpaired) electrons. The van der Waals surface area contributed by atoms with E-state index in [-0.39, 0.29) is 0 Å². The summed E-state index contributed by atoms with van der Waals surface area (Å²) in [6, 6.07) is 4.76. The summed E-state index contributed by atoms with van der Waals surface area (Å²) in [5.41, 5.74) is 10.2. The Hall–Kier alpha value is -1.02.